The number of aromatic nitrogens is 1. The molecule has 0 aliphatic carbocycles. The average molecular weight is 413 g/mol. The molecule has 0 bridgehead atoms. The number of hydrazone groups is 1. The molecule has 1 aliphatic rings. The smallest absolute Gasteiger partial charge is 0.231 e. The van der Waals surface area contributed by atoms with Crippen molar-refractivity contribution in [2.45, 2.75) is 13.5 Å². The van der Waals surface area contributed by atoms with Crippen LogP contribution in [0.4, 0.5) is 0 Å². The molecule has 0 radical (unpaired) electrons. The van der Waals surface area contributed by atoms with Crippen LogP contribution >= 0.6 is 23.8 Å². The van der Waals surface area contributed by atoms with Gasteiger partial charge in [0.15, 0.2) is 16.6 Å². The van der Waals surface area contributed by atoms with Crippen LogP contribution < -0.4 is 20.2 Å². The van der Waals surface area contributed by atoms with Crippen molar-refractivity contribution >= 4 is 46.0 Å². The van der Waals surface area contributed by atoms with Crippen LogP contribution in [0.1, 0.15) is 16.7 Å². The van der Waals surface area contributed by atoms with E-state index in [1.54, 1.807) is 6.21 Å². The van der Waals surface area contributed by atoms with Gasteiger partial charge in [0.2, 0.25) is 6.79 Å². The van der Waals surface area contributed by atoms with Gasteiger partial charge in [0.25, 0.3) is 0 Å². The third-order valence-corrected chi connectivity index (χ3v) is 4.75. The van der Waals surface area contributed by atoms with Gasteiger partial charge in [0.1, 0.15) is 5.15 Å². The summed E-state index contributed by atoms with van der Waals surface area (Å²) in [5.74, 6) is 1.50. The van der Waals surface area contributed by atoms with E-state index in [4.69, 9.17) is 33.3 Å². The first kappa shape index (κ1) is 18.5. The molecule has 6 nitrogen and oxygen atoms in total. The molecule has 8 heteroatoms. The number of halogens is 1. The van der Waals surface area contributed by atoms with E-state index in [1.165, 1.54) is 0 Å². The molecular formula is C20H17ClN4O2S. The first-order chi connectivity index (χ1) is 13.6. The second-order valence-corrected chi connectivity index (χ2v) is 7.07. The van der Waals surface area contributed by atoms with E-state index in [0.29, 0.717) is 22.4 Å². The molecule has 142 valence electrons. The van der Waals surface area contributed by atoms with Crippen molar-refractivity contribution in [2.24, 2.45) is 5.10 Å². The zero-order chi connectivity index (χ0) is 19.5. The van der Waals surface area contributed by atoms with Crippen molar-refractivity contribution in [3.05, 3.63) is 64.3 Å². The van der Waals surface area contributed by atoms with E-state index in [-0.39, 0.29) is 6.79 Å². The lowest BCUT2D eigenvalue weighted by Crippen LogP contribution is -2.31. The van der Waals surface area contributed by atoms with Gasteiger partial charge in [0.05, 0.1) is 11.7 Å². The van der Waals surface area contributed by atoms with Crippen LogP contribution in [0.3, 0.4) is 0 Å². The normalized spacial score (nSPS) is 12.5. The van der Waals surface area contributed by atoms with E-state index < -0.39 is 0 Å². The Hall–Kier alpha value is -2.90. The van der Waals surface area contributed by atoms with Gasteiger partial charge in [-0.2, -0.15) is 5.10 Å². The van der Waals surface area contributed by atoms with E-state index >= 15 is 0 Å². The second kappa shape index (κ2) is 8.00. The molecule has 1 aromatic heterocycles. The van der Waals surface area contributed by atoms with Gasteiger partial charge in [-0.15, -0.1) is 0 Å². The number of aryl methyl sites for hydroxylation is 1. The summed E-state index contributed by atoms with van der Waals surface area (Å²) in [5, 5.41) is 9.03. The van der Waals surface area contributed by atoms with Crippen molar-refractivity contribution in [3.63, 3.8) is 0 Å². The summed E-state index contributed by atoms with van der Waals surface area (Å²) < 4.78 is 10.7. The minimum Gasteiger partial charge on any atom is -0.454 e. The second-order valence-electron chi connectivity index (χ2n) is 6.30. The van der Waals surface area contributed by atoms with Crippen molar-refractivity contribution in [2.75, 3.05) is 6.79 Å². The third kappa shape index (κ3) is 4.16. The molecule has 1 aliphatic heterocycles. The van der Waals surface area contributed by atoms with E-state index in [9.17, 15) is 0 Å². The molecule has 0 atom stereocenters. The van der Waals surface area contributed by atoms with Crippen molar-refractivity contribution < 1.29 is 9.47 Å². The summed E-state index contributed by atoms with van der Waals surface area (Å²) >= 11 is 11.5. The van der Waals surface area contributed by atoms with Crippen LogP contribution in [0.5, 0.6) is 11.5 Å². The van der Waals surface area contributed by atoms with Gasteiger partial charge in [-0.1, -0.05) is 29.8 Å². The SMILES string of the molecule is Cc1ccc2cc(/C=N\NC(=S)NCc3ccc4c(c3)OCO4)c(Cl)nc2c1. The third-order valence-electron chi connectivity index (χ3n) is 4.21. The van der Waals surface area contributed by atoms with Crippen LogP contribution in [-0.4, -0.2) is 23.1 Å². The molecular weight excluding hydrogens is 396 g/mol. The molecule has 2 aromatic carbocycles. The summed E-state index contributed by atoms with van der Waals surface area (Å²) in [5.41, 5.74) is 6.51. The summed E-state index contributed by atoms with van der Waals surface area (Å²) in [7, 11) is 0. The predicted octanol–water partition coefficient (Wildman–Crippen LogP) is 3.92. The summed E-state index contributed by atoms with van der Waals surface area (Å²) in [6.45, 7) is 2.81. The molecule has 2 N–H and O–H groups in total. The topological polar surface area (TPSA) is 67.8 Å². The Morgan fingerprint density at radius 1 is 1.21 bits per heavy atom. The first-order valence-corrected chi connectivity index (χ1v) is 9.39. The minimum atomic E-state index is 0.257. The highest BCUT2D eigenvalue weighted by Gasteiger charge is 2.13. The number of fused-ring (bicyclic) bond motifs is 2. The van der Waals surface area contributed by atoms with Crippen molar-refractivity contribution in [1.82, 2.24) is 15.7 Å². The molecule has 2 heterocycles. The molecule has 28 heavy (non-hydrogen) atoms. The highest BCUT2D eigenvalue weighted by Crippen LogP contribution is 2.32. The monoisotopic (exact) mass is 412 g/mol. The molecule has 0 spiro atoms. The molecule has 0 unspecified atom stereocenters. The summed E-state index contributed by atoms with van der Waals surface area (Å²) in [6.07, 6.45) is 1.60. The zero-order valence-corrected chi connectivity index (χ0v) is 16.6. The summed E-state index contributed by atoms with van der Waals surface area (Å²) in [4.78, 5) is 4.41. The van der Waals surface area contributed by atoms with Crippen LogP contribution in [-0.2, 0) is 6.54 Å². The number of hydrogen-bond acceptors (Lipinski definition) is 5. The molecule has 0 saturated carbocycles. The zero-order valence-electron chi connectivity index (χ0n) is 15.0. The van der Waals surface area contributed by atoms with Gasteiger partial charge in [0, 0.05) is 17.5 Å². The largest absolute Gasteiger partial charge is 0.454 e. The number of pyridine rings is 1. The number of ether oxygens (including phenoxy) is 2. The van der Waals surface area contributed by atoms with Gasteiger partial charge >= 0.3 is 0 Å². The van der Waals surface area contributed by atoms with Crippen molar-refractivity contribution in [1.29, 1.82) is 0 Å². The molecule has 0 saturated heterocycles. The Bertz CT molecular complexity index is 1090. The Morgan fingerprint density at radius 2 is 2.07 bits per heavy atom. The minimum absolute atomic E-state index is 0.257. The highest BCUT2D eigenvalue weighted by atomic mass is 35.5. The van der Waals surface area contributed by atoms with Gasteiger partial charge in [-0.25, -0.2) is 4.98 Å². The fraction of sp³-hybridized carbons (Fsp3) is 0.150. The number of nitrogens with zero attached hydrogens (tertiary/aromatic N) is 2. The van der Waals surface area contributed by atoms with Gasteiger partial charge in [-0.3, -0.25) is 5.43 Å². The highest BCUT2D eigenvalue weighted by molar-refractivity contribution is 7.80. The standard InChI is InChI=1S/C20H17ClN4O2S/c1-12-2-4-14-8-15(19(21)24-16(14)6-12)10-23-25-20(28)22-9-13-3-5-17-18(7-13)27-11-26-17/h2-8,10H,9,11H2,1H3,(H2,22,25,28)/b23-10-. The summed E-state index contributed by atoms with van der Waals surface area (Å²) in [6, 6.07) is 13.7. The van der Waals surface area contributed by atoms with Crippen LogP contribution in [0.15, 0.2) is 47.6 Å². The lowest BCUT2D eigenvalue weighted by molar-refractivity contribution is 0.174. The lowest BCUT2D eigenvalue weighted by Gasteiger charge is -2.08. The van der Waals surface area contributed by atoms with E-state index in [1.807, 2.05) is 49.4 Å². The Morgan fingerprint density at radius 3 is 2.96 bits per heavy atom. The lowest BCUT2D eigenvalue weighted by atomic mass is 10.1. The van der Waals surface area contributed by atoms with Gasteiger partial charge < -0.3 is 14.8 Å². The molecule has 3 aromatic rings. The number of rotatable bonds is 4. The number of hydrogen-bond donors (Lipinski definition) is 2. The number of benzene rings is 2. The average Bonchev–Trinajstić information content (AvgIpc) is 3.14. The Balaban J connectivity index is 1.35. The molecule has 0 fully saturated rings. The van der Waals surface area contributed by atoms with Crippen LogP contribution in [0.2, 0.25) is 5.15 Å². The maximum Gasteiger partial charge on any atom is 0.231 e. The van der Waals surface area contributed by atoms with Crippen molar-refractivity contribution in [3.8, 4) is 11.5 Å². The van der Waals surface area contributed by atoms with E-state index in [2.05, 4.69) is 20.8 Å². The maximum absolute atomic E-state index is 6.26. The fourth-order valence-corrected chi connectivity index (χ4v) is 3.11. The number of nitrogens with one attached hydrogen (secondary N) is 2. The van der Waals surface area contributed by atoms with Crippen LogP contribution in [0, 0.1) is 6.92 Å². The fourth-order valence-electron chi connectivity index (χ4n) is 2.79. The number of thiocarbonyl (C=S) groups is 1. The van der Waals surface area contributed by atoms with Gasteiger partial charge in [-0.05, 0) is 54.5 Å². The predicted molar refractivity (Wildman–Crippen MR) is 114 cm³/mol. The van der Waals surface area contributed by atoms with E-state index in [0.717, 1.165) is 33.5 Å². The molecule has 4 rings (SSSR count). The molecule has 0 amide bonds. The quantitative estimate of drug-likeness (QED) is 0.293. The Labute approximate surface area is 172 Å². The maximum atomic E-state index is 6.26. The first-order valence-electron chi connectivity index (χ1n) is 8.61. The van der Waals surface area contributed by atoms with Crippen LogP contribution in [0.25, 0.3) is 10.9 Å². The Kier molecular flexibility index (Phi) is 5.27.